The topological polar surface area (TPSA) is 129 Å². The first kappa shape index (κ1) is 26.6. The summed E-state index contributed by atoms with van der Waals surface area (Å²) in [5.41, 5.74) is 4.94. The molecule has 2 heterocycles. The van der Waals surface area contributed by atoms with Crippen LogP contribution in [0.3, 0.4) is 0 Å². The molecule has 0 spiro atoms. The lowest BCUT2D eigenvalue weighted by molar-refractivity contribution is 0.0688. The van der Waals surface area contributed by atoms with E-state index in [2.05, 4.69) is 5.10 Å². The van der Waals surface area contributed by atoms with Crippen LogP contribution in [-0.2, 0) is 13.1 Å². The zero-order valence-electron chi connectivity index (χ0n) is 22.8. The molecule has 2 N–H and O–H groups in total. The minimum atomic E-state index is -1.04. The number of benzene rings is 4. The van der Waals surface area contributed by atoms with Crippen LogP contribution in [0.25, 0.3) is 32.9 Å². The highest BCUT2D eigenvalue weighted by atomic mass is 16.5. The van der Waals surface area contributed by atoms with E-state index in [-0.39, 0.29) is 11.1 Å². The van der Waals surface area contributed by atoms with E-state index >= 15 is 0 Å². The Bertz CT molecular complexity index is 1970. The molecule has 42 heavy (non-hydrogen) atoms. The lowest BCUT2D eigenvalue weighted by Gasteiger charge is -2.14. The van der Waals surface area contributed by atoms with Crippen LogP contribution in [0.2, 0.25) is 0 Å². The van der Waals surface area contributed by atoms with Gasteiger partial charge in [0.2, 0.25) is 0 Å². The summed E-state index contributed by atoms with van der Waals surface area (Å²) in [4.78, 5) is 23.9. The zero-order valence-corrected chi connectivity index (χ0v) is 22.8. The van der Waals surface area contributed by atoms with Crippen molar-refractivity contribution in [3.63, 3.8) is 0 Å². The van der Waals surface area contributed by atoms with Gasteiger partial charge in [0.25, 0.3) is 0 Å². The van der Waals surface area contributed by atoms with E-state index < -0.39 is 11.9 Å². The Hall–Kier alpha value is -5.64. The van der Waals surface area contributed by atoms with Gasteiger partial charge in [-0.2, -0.15) is 10.2 Å². The molecule has 0 saturated carbocycles. The van der Waals surface area contributed by atoms with Crippen molar-refractivity contribution in [3.05, 3.63) is 107 Å². The van der Waals surface area contributed by atoms with Gasteiger partial charge in [0, 0.05) is 22.5 Å². The summed E-state index contributed by atoms with van der Waals surface area (Å²) in [6.45, 7) is 0.772. The number of aromatic nitrogens is 4. The van der Waals surface area contributed by atoms with Crippen LogP contribution in [-0.4, -0.2) is 55.9 Å². The monoisotopic (exact) mass is 562 g/mol. The lowest BCUT2D eigenvalue weighted by atomic mass is 9.95. The molecule has 0 radical (unpaired) electrons. The highest BCUT2D eigenvalue weighted by Crippen LogP contribution is 2.35. The van der Waals surface area contributed by atoms with E-state index in [1.54, 1.807) is 60.2 Å². The number of carbonyl (C=O) groups is 2. The molecular weight excluding hydrogens is 536 g/mol. The number of carboxylic acid groups (broad SMARTS) is 2. The van der Waals surface area contributed by atoms with Crippen molar-refractivity contribution in [2.24, 2.45) is 0 Å². The second-order valence-electron chi connectivity index (χ2n) is 9.77. The van der Waals surface area contributed by atoms with E-state index in [4.69, 9.17) is 14.6 Å². The molecule has 0 fully saturated rings. The molecule has 10 heteroatoms. The number of rotatable bonds is 9. The molecule has 0 bridgehead atoms. The Labute approximate surface area is 240 Å². The lowest BCUT2D eigenvalue weighted by Crippen LogP contribution is -2.05. The maximum absolute atomic E-state index is 12.2. The van der Waals surface area contributed by atoms with Gasteiger partial charge in [-0.25, -0.2) is 9.59 Å². The largest absolute Gasteiger partial charge is 0.497 e. The van der Waals surface area contributed by atoms with Crippen molar-refractivity contribution >= 4 is 33.7 Å². The molecule has 0 unspecified atom stereocenters. The van der Waals surface area contributed by atoms with E-state index in [1.165, 1.54) is 0 Å². The van der Waals surface area contributed by atoms with Crippen LogP contribution >= 0.6 is 0 Å². The first-order valence-corrected chi connectivity index (χ1v) is 13.1. The van der Waals surface area contributed by atoms with Crippen molar-refractivity contribution in [1.82, 2.24) is 19.6 Å². The standard InChI is InChI=1S/C32H26N4O6/c1-41-21-9-6-19(7-10-21)16-35-18-28-25(32(39)40)13-12-23(30(28)34-35)26-14-22(42-2)11-8-20(26)17-36-29-5-3-4-24(31(37)38)27(29)15-33-36/h3-15,18H,16-17H2,1-2H3,(H,37,38)(H,39,40). The van der Waals surface area contributed by atoms with Gasteiger partial charge in [0.05, 0.1) is 50.1 Å². The molecule has 6 aromatic rings. The summed E-state index contributed by atoms with van der Waals surface area (Å²) in [6, 6.07) is 21.7. The maximum Gasteiger partial charge on any atom is 0.336 e. The number of aromatic carboxylic acids is 2. The maximum atomic E-state index is 12.2. The van der Waals surface area contributed by atoms with E-state index in [0.29, 0.717) is 40.6 Å². The summed E-state index contributed by atoms with van der Waals surface area (Å²) in [5.74, 6) is -0.690. The fourth-order valence-corrected chi connectivity index (χ4v) is 5.20. The summed E-state index contributed by atoms with van der Waals surface area (Å²) in [6.07, 6.45) is 3.31. The van der Waals surface area contributed by atoms with Gasteiger partial charge in [0.15, 0.2) is 0 Å². The van der Waals surface area contributed by atoms with Gasteiger partial charge in [-0.1, -0.05) is 30.3 Å². The number of hydrogen-bond donors (Lipinski definition) is 2. The number of methoxy groups -OCH3 is 2. The zero-order chi connectivity index (χ0) is 29.4. The predicted octanol–water partition coefficient (Wildman–Crippen LogP) is 5.56. The third-order valence-corrected chi connectivity index (χ3v) is 7.30. The van der Waals surface area contributed by atoms with Crippen molar-refractivity contribution < 1.29 is 29.3 Å². The molecule has 4 aromatic carbocycles. The Morgan fingerprint density at radius 2 is 1.50 bits per heavy atom. The number of carboxylic acids is 2. The van der Waals surface area contributed by atoms with E-state index in [9.17, 15) is 19.8 Å². The van der Waals surface area contributed by atoms with Gasteiger partial charge in [-0.3, -0.25) is 9.36 Å². The minimum absolute atomic E-state index is 0.151. The molecule has 210 valence electrons. The summed E-state index contributed by atoms with van der Waals surface area (Å²) >= 11 is 0. The van der Waals surface area contributed by atoms with Crippen LogP contribution in [0.15, 0.2) is 85.2 Å². The molecule has 2 aromatic heterocycles. The summed E-state index contributed by atoms with van der Waals surface area (Å²) in [7, 11) is 3.19. The normalized spacial score (nSPS) is 11.2. The Morgan fingerprint density at radius 3 is 2.21 bits per heavy atom. The second kappa shape index (κ2) is 10.7. The molecule has 0 atom stereocenters. The third-order valence-electron chi connectivity index (χ3n) is 7.30. The number of fused-ring (bicyclic) bond motifs is 2. The quantitative estimate of drug-likeness (QED) is 0.234. The number of hydrogen-bond acceptors (Lipinski definition) is 6. The van der Waals surface area contributed by atoms with Crippen molar-refractivity contribution in [2.45, 2.75) is 13.1 Å². The molecule has 0 aliphatic carbocycles. The first-order chi connectivity index (χ1) is 20.4. The molecule has 10 nitrogen and oxygen atoms in total. The fraction of sp³-hybridized carbons (Fsp3) is 0.125. The van der Waals surface area contributed by atoms with Crippen LogP contribution in [0.4, 0.5) is 0 Å². The summed E-state index contributed by atoms with van der Waals surface area (Å²) in [5, 5.41) is 29.9. The van der Waals surface area contributed by atoms with E-state index in [1.807, 2.05) is 48.5 Å². The highest BCUT2D eigenvalue weighted by molar-refractivity contribution is 6.07. The van der Waals surface area contributed by atoms with Crippen LogP contribution in [0.5, 0.6) is 11.5 Å². The first-order valence-electron chi connectivity index (χ1n) is 13.1. The molecule has 0 aliphatic heterocycles. The fourth-order valence-electron chi connectivity index (χ4n) is 5.20. The second-order valence-corrected chi connectivity index (χ2v) is 9.77. The van der Waals surface area contributed by atoms with Crippen LogP contribution in [0, 0.1) is 0 Å². The molecular formula is C32H26N4O6. The minimum Gasteiger partial charge on any atom is -0.497 e. The number of nitrogens with zero attached hydrogens (tertiary/aromatic N) is 4. The summed E-state index contributed by atoms with van der Waals surface area (Å²) < 4.78 is 14.3. The average molecular weight is 563 g/mol. The van der Waals surface area contributed by atoms with Crippen molar-refractivity contribution in [3.8, 4) is 22.6 Å². The Balaban J connectivity index is 1.47. The molecule has 0 aliphatic rings. The van der Waals surface area contributed by atoms with Crippen LogP contribution < -0.4 is 9.47 Å². The van der Waals surface area contributed by atoms with Crippen molar-refractivity contribution in [2.75, 3.05) is 14.2 Å². The molecule has 6 rings (SSSR count). The van der Waals surface area contributed by atoms with Gasteiger partial charge in [-0.05, 0) is 59.2 Å². The van der Waals surface area contributed by atoms with Gasteiger partial charge in [-0.15, -0.1) is 0 Å². The Kier molecular flexibility index (Phi) is 6.79. The molecule has 0 saturated heterocycles. The number of ether oxygens (including phenoxy) is 2. The third kappa shape index (κ3) is 4.79. The van der Waals surface area contributed by atoms with Crippen molar-refractivity contribution in [1.29, 1.82) is 0 Å². The predicted molar refractivity (Wildman–Crippen MR) is 157 cm³/mol. The van der Waals surface area contributed by atoms with Gasteiger partial charge < -0.3 is 19.7 Å². The van der Waals surface area contributed by atoms with Gasteiger partial charge in [0.1, 0.15) is 17.0 Å². The van der Waals surface area contributed by atoms with E-state index in [0.717, 1.165) is 28.0 Å². The highest BCUT2D eigenvalue weighted by Gasteiger charge is 2.20. The van der Waals surface area contributed by atoms with Crippen LogP contribution in [0.1, 0.15) is 31.8 Å². The molecule has 0 amide bonds. The van der Waals surface area contributed by atoms with Gasteiger partial charge >= 0.3 is 11.9 Å². The smallest absolute Gasteiger partial charge is 0.336 e. The Morgan fingerprint density at radius 1 is 0.786 bits per heavy atom. The average Bonchev–Trinajstić information content (AvgIpc) is 3.61. The SMILES string of the molecule is COc1ccc(Cn2cc3c(C(=O)O)ccc(-c4cc(OC)ccc4Cn4ncc5c(C(=O)O)cccc54)c3n2)cc1.